The molecule has 1 aromatic heterocycles. The number of amides is 1. The van der Waals surface area contributed by atoms with E-state index in [0.717, 1.165) is 11.5 Å². The zero-order valence-corrected chi connectivity index (χ0v) is 13.3. The Hall–Kier alpha value is -1.82. The maximum atomic E-state index is 12.1. The Balaban J connectivity index is 2.49. The fourth-order valence-electron chi connectivity index (χ4n) is 1.94. The number of nitrogens with one attached hydrogen (secondary N) is 1. The van der Waals surface area contributed by atoms with Gasteiger partial charge in [-0.1, -0.05) is 13.8 Å². The Bertz CT molecular complexity index is 482. The van der Waals surface area contributed by atoms with Crippen molar-refractivity contribution in [2.24, 2.45) is 5.92 Å². The van der Waals surface area contributed by atoms with E-state index in [9.17, 15) is 9.59 Å². The number of esters is 1. The lowest BCUT2D eigenvalue weighted by Crippen LogP contribution is -2.46. The summed E-state index contributed by atoms with van der Waals surface area (Å²) in [5.74, 6) is 1.12. The third-order valence-corrected chi connectivity index (χ3v) is 3.21. The molecule has 1 atom stereocenters. The molecule has 0 spiro atoms. The van der Waals surface area contributed by atoms with Gasteiger partial charge < -0.3 is 14.1 Å². The van der Waals surface area contributed by atoms with Crippen LogP contribution in [0.2, 0.25) is 0 Å². The number of methoxy groups -OCH3 is 1. The fourth-order valence-corrected chi connectivity index (χ4v) is 1.94. The second-order valence-electron chi connectivity index (χ2n) is 5.39. The third-order valence-electron chi connectivity index (χ3n) is 3.21. The first-order valence-electron chi connectivity index (χ1n) is 6.95. The molecule has 1 N–H and O–H groups in total. The minimum atomic E-state index is -0.488. The number of furan rings is 1. The van der Waals surface area contributed by atoms with Crippen LogP contribution in [-0.2, 0) is 20.9 Å². The van der Waals surface area contributed by atoms with Gasteiger partial charge in [0.1, 0.15) is 17.6 Å². The summed E-state index contributed by atoms with van der Waals surface area (Å²) in [5, 5.41) is 2.95. The number of aryl methyl sites for hydroxylation is 1. The van der Waals surface area contributed by atoms with Gasteiger partial charge in [0.15, 0.2) is 0 Å². The highest BCUT2D eigenvalue weighted by molar-refractivity contribution is 5.80. The van der Waals surface area contributed by atoms with Crippen LogP contribution in [0.4, 0.5) is 0 Å². The molecule has 1 amide bonds. The molecule has 118 valence electrons. The molecular formula is C15H24N2O4. The third kappa shape index (κ3) is 5.23. The van der Waals surface area contributed by atoms with E-state index in [1.54, 1.807) is 11.9 Å². The molecule has 0 saturated carbocycles. The van der Waals surface area contributed by atoms with Crippen molar-refractivity contribution < 1.29 is 18.7 Å². The van der Waals surface area contributed by atoms with Gasteiger partial charge in [-0.2, -0.15) is 0 Å². The standard InChI is InChI=1S/C15H24N2O4/c1-10(2)14(15(19)20-5)16-8-13(18)17(4)9-12-7-6-11(3)21-12/h6-7,10,14,16H,8-9H2,1-5H3. The molecule has 6 heteroatoms. The number of hydrogen-bond donors (Lipinski definition) is 1. The summed E-state index contributed by atoms with van der Waals surface area (Å²) < 4.78 is 10.2. The lowest BCUT2D eigenvalue weighted by Gasteiger charge is -2.22. The number of carbonyl (C=O) groups excluding carboxylic acids is 2. The van der Waals surface area contributed by atoms with Crippen LogP contribution in [-0.4, -0.2) is 43.5 Å². The summed E-state index contributed by atoms with van der Waals surface area (Å²) in [6.45, 7) is 6.13. The van der Waals surface area contributed by atoms with E-state index >= 15 is 0 Å². The largest absolute Gasteiger partial charge is 0.468 e. The van der Waals surface area contributed by atoms with E-state index < -0.39 is 6.04 Å². The summed E-state index contributed by atoms with van der Waals surface area (Å²) in [6.07, 6.45) is 0. The monoisotopic (exact) mass is 296 g/mol. The van der Waals surface area contributed by atoms with Crippen molar-refractivity contribution in [3.63, 3.8) is 0 Å². The van der Waals surface area contributed by atoms with Crippen molar-refractivity contribution in [1.82, 2.24) is 10.2 Å². The van der Waals surface area contributed by atoms with Gasteiger partial charge in [-0.05, 0) is 25.0 Å². The Morgan fingerprint density at radius 2 is 2.05 bits per heavy atom. The molecule has 0 fully saturated rings. The molecular weight excluding hydrogens is 272 g/mol. The Kier molecular flexibility index (Phi) is 6.42. The summed E-state index contributed by atoms with van der Waals surface area (Å²) >= 11 is 0. The highest BCUT2D eigenvalue weighted by Crippen LogP contribution is 2.09. The molecule has 0 saturated heterocycles. The molecule has 0 aliphatic heterocycles. The molecule has 0 aliphatic carbocycles. The van der Waals surface area contributed by atoms with E-state index in [-0.39, 0.29) is 24.3 Å². The zero-order chi connectivity index (χ0) is 16.0. The van der Waals surface area contributed by atoms with Gasteiger partial charge in [-0.25, -0.2) is 0 Å². The molecule has 0 bridgehead atoms. The molecule has 21 heavy (non-hydrogen) atoms. The van der Waals surface area contributed by atoms with Crippen molar-refractivity contribution in [3.8, 4) is 0 Å². The predicted molar refractivity (Wildman–Crippen MR) is 78.6 cm³/mol. The average molecular weight is 296 g/mol. The highest BCUT2D eigenvalue weighted by atomic mass is 16.5. The molecule has 1 aromatic rings. The van der Waals surface area contributed by atoms with Crippen molar-refractivity contribution in [1.29, 1.82) is 0 Å². The molecule has 6 nitrogen and oxygen atoms in total. The highest BCUT2D eigenvalue weighted by Gasteiger charge is 2.23. The molecule has 1 heterocycles. The lowest BCUT2D eigenvalue weighted by atomic mass is 10.0. The number of likely N-dealkylation sites (N-methyl/N-ethyl adjacent to an activating group) is 1. The van der Waals surface area contributed by atoms with E-state index in [2.05, 4.69) is 5.32 Å². The average Bonchev–Trinajstić information content (AvgIpc) is 2.83. The first-order valence-corrected chi connectivity index (χ1v) is 6.95. The van der Waals surface area contributed by atoms with Gasteiger partial charge in [0, 0.05) is 7.05 Å². The number of hydrogen-bond acceptors (Lipinski definition) is 5. The van der Waals surface area contributed by atoms with Crippen LogP contribution in [0.3, 0.4) is 0 Å². The smallest absolute Gasteiger partial charge is 0.323 e. The minimum absolute atomic E-state index is 0.0447. The lowest BCUT2D eigenvalue weighted by molar-refractivity contribution is -0.144. The molecule has 0 aliphatic rings. The fraction of sp³-hybridized carbons (Fsp3) is 0.600. The molecule has 1 rings (SSSR count). The summed E-state index contributed by atoms with van der Waals surface area (Å²) in [5.41, 5.74) is 0. The Labute approximate surface area is 125 Å². The van der Waals surface area contributed by atoms with Gasteiger partial charge in [0.25, 0.3) is 0 Å². The van der Waals surface area contributed by atoms with Crippen molar-refractivity contribution >= 4 is 11.9 Å². The topological polar surface area (TPSA) is 71.8 Å². The van der Waals surface area contributed by atoms with E-state index in [1.165, 1.54) is 7.11 Å². The summed E-state index contributed by atoms with van der Waals surface area (Å²) in [6, 6.07) is 3.22. The summed E-state index contributed by atoms with van der Waals surface area (Å²) in [4.78, 5) is 25.2. The number of ether oxygens (including phenoxy) is 1. The minimum Gasteiger partial charge on any atom is -0.468 e. The molecule has 0 aromatic carbocycles. The Morgan fingerprint density at radius 1 is 1.38 bits per heavy atom. The van der Waals surface area contributed by atoms with E-state index in [1.807, 2.05) is 32.9 Å². The van der Waals surface area contributed by atoms with Gasteiger partial charge in [-0.3, -0.25) is 14.9 Å². The van der Waals surface area contributed by atoms with Gasteiger partial charge >= 0.3 is 5.97 Å². The molecule has 0 radical (unpaired) electrons. The molecule has 1 unspecified atom stereocenters. The second-order valence-corrected chi connectivity index (χ2v) is 5.39. The van der Waals surface area contributed by atoms with E-state index in [4.69, 9.17) is 9.15 Å². The van der Waals surface area contributed by atoms with Gasteiger partial charge in [-0.15, -0.1) is 0 Å². The van der Waals surface area contributed by atoms with Crippen LogP contribution in [0.5, 0.6) is 0 Å². The van der Waals surface area contributed by atoms with Crippen LogP contribution in [0.25, 0.3) is 0 Å². The zero-order valence-electron chi connectivity index (χ0n) is 13.3. The normalized spacial score (nSPS) is 12.3. The van der Waals surface area contributed by atoms with Gasteiger partial charge in [0.05, 0.1) is 20.2 Å². The first-order chi connectivity index (χ1) is 9.85. The number of rotatable bonds is 7. The van der Waals surface area contributed by atoms with Crippen molar-refractivity contribution in [2.45, 2.75) is 33.4 Å². The van der Waals surface area contributed by atoms with Crippen LogP contribution in [0.15, 0.2) is 16.5 Å². The summed E-state index contributed by atoms with van der Waals surface area (Å²) in [7, 11) is 3.04. The number of nitrogens with zero attached hydrogens (tertiary/aromatic N) is 1. The van der Waals surface area contributed by atoms with Crippen molar-refractivity contribution in [3.05, 3.63) is 23.7 Å². The van der Waals surface area contributed by atoms with Crippen LogP contribution in [0.1, 0.15) is 25.4 Å². The quantitative estimate of drug-likeness (QED) is 0.769. The second kappa shape index (κ2) is 7.83. The van der Waals surface area contributed by atoms with Gasteiger partial charge in [0.2, 0.25) is 5.91 Å². The van der Waals surface area contributed by atoms with Crippen LogP contribution < -0.4 is 5.32 Å². The Morgan fingerprint density at radius 3 is 2.52 bits per heavy atom. The van der Waals surface area contributed by atoms with Crippen LogP contribution >= 0.6 is 0 Å². The predicted octanol–water partition coefficient (Wildman–Crippen LogP) is 1.33. The van der Waals surface area contributed by atoms with Crippen molar-refractivity contribution in [2.75, 3.05) is 20.7 Å². The van der Waals surface area contributed by atoms with Crippen LogP contribution in [0, 0.1) is 12.8 Å². The first kappa shape index (κ1) is 17.2. The van der Waals surface area contributed by atoms with E-state index in [0.29, 0.717) is 6.54 Å². The number of carbonyl (C=O) groups is 2. The maximum absolute atomic E-state index is 12.1. The maximum Gasteiger partial charge on any atom is 0.323 e. The SMILES string of the molecule is COC(=O)C(NCC(=O)N(C)Cc1ccc(C)o1)C(C)C.